The molecular formula is C13H19FN2O2. The second-order valence-electron chi connectivity index (χ2n) is 4.51. The minimum atomic E-state index is -0.400. The molecule has 1 aromatic rings. The molecule has 4 nitrogen and oxygen atoms in total. The van der Waals surface area contributed by atoms with E-state index in [0.29, 0.717) is 11.3 Å². The summed E-state index contributed by atoms with van der Waals surface area (Å²) in [7, 11) is 1.73. The zero-order valence-corrected chi connectivity index (χ0v) is 10.9. The zero-order chi connectivity index (χ0) is 13.7. The molecule has 0 saturated carbocycles. The van der Waals surface area contributed by atoms with E-state index in [0.717, 1.165) is 0 Å². The molecule has 0 aromatic heterocycles. The Hall–Kier alpha value is -1.62. The molecule has 0 unspecified atom stereocenters. The number of likely N-dealkylation sites (N-methyl/N-ethyl adjacent to an activating group) is 1. The van der Waals surface area contributed by atoms with E-state index in [1.54, 1.807) is 18.0 Å². The molecule has 0 fully saturated rings. The minimum absolute atomic E-state index is 0.0800. The fraction of sp³-hybridized carbons (Fsp3) is 0.462. The second kappa shape index (κ2) is 6.35. The molecule has 1 amide bonds. The van der Waals surface area contributed by atoms with E-state index >= 15 is 0 Å². The highest BCUT2D eigenvalue weighted by Gasteiger charge is 2.12. The first-order valence-electron chi connectivity index (χ1n) is 5.83. The van der Waals surface area contributed by atoms with Crippen LogP contribution in [-0.4, -0.2) is 30.6 Å². The smallest absolute Gasteiger partial charge is 0.239 e. The first-order chi connectivity index (χ1) is 8.43. The number of nitrogens with one attached hydrogen (secondary N) is 1. The Balaban J connectivity index is 2.77. The van der Waals surface area contributed by atoms with Gasteiger partial charge in [-0.2, -0.15) is 0 Å². The molecule has 0 bridgehead atoms. The van der Waals surface area contributed by atoms with Gasteiger partial charge in [0.25, 0.3) is 0 Å². The molecule has 0 radical (unpaired) electrons. The van der Waals surface area contributed by atoms with Gasteiger partial charge >= 0.3 is 0 Å². The lowest BCUT2D eigenvalue weighted by Crippen LogP contribution is -2.38. The topological polar surface area (TPSA) is 52.6 Å². The highest BCUT2D eigenvalue weighted by molar-refractivity contribution is 5.81. The number of halogens is 1. The van der Waals surface area contributed by atoms with Gasteiger partial charge in [0.2, 0.25) is 5.91 Å². The van der Waals surface area contributed by atoms with Gasteiger partial charge in [-0.15, -0.1) is 0 Å². The lowest BCUT2D eigenvalue weighted by Gasteiger charge is -2.22. The van der Waals surface area contributed by atoms with Crippen molar-refractivity contribution in [2.75, 3.05) is 18.5 Å². The van der Waals surface area contributed by atoms with Crippen LogP contribution in [0, 0.1) is 5.82 Å². The van der Waals surface area contributed by atoms with Gasteiger partial charge in [0.1, 0.15) is 5.82 Å². The third-order valence-electron chi connectivity index (χ3n) is 2.45. The first-order valence-corrected chi connectivity index (χ1v) is 5.83. The van der Waals surface area contributed by atoms with Crippen molar-refractivity contribution >= 4 is 11.6 Å². The van der Waals surface area contributed by atoms with Crippen LogP contribution in [0.1, 0.15) is 19.4 Å². The van der Waals surface area contributed by atoms with Gasteiger partial charge in [0.05, 0.1) is 13.2 Å². The summed E-state index contributed by atoms with van der Waals surface area (Å²) >= 11 is 0. The largest absolute Gasteiger partial charge is 0.392 e. The number of carbonyl (C=O) groups excluding carboxylic acids is 1. The molecule has 0 spiro atoms. The van der Waals surface area contributed by atoms with E-state index in [4.69, 9.17) is 0 Å². The molecule has 100 valence electrons. The van der Waals surface area contributed by atoms with Crippen molar-refractivity contribution in [2.45, 2.75) is 26.5 Å². The van der Waals surface area contributed by atoms with Crippen LogP contribution in [0.15, 0.2) is 18.2 Å². The molecule has 1 rings (SSSR count). The van der Waals surface area contributed by atoms with Crippen molar-refractivity contribution in [3.8, 4) is 0 Å². The molecular weight excluding hydrogens is 235 g/mol. The van der Waals surface area contributed by atoms with Crippen molar-refractivity contribution in [1.29, 1.82) is 0 Å². The van der Waals surface area contributed by atoms with Crippen LogP contribution in [0.4, 0.5) is 10.1 Å². The normalized spacial score (nSPS) is 10.6. The molecule has 18 heavy (non-hydrogen) atoms. The molecule has 0 heterocycles. The van der Waals surface area contributed by atoms with E-state index in [1.165, 1.54) is 12.1 Å². The Kier molecular flexibility index (Phi) is 5.09. The number of benzene rings is 1. The Labute approximate surface area is 106 Å². The molecule has 0 aliphatic carbocycles. The van der Waals surface area contributed by atoms with E-state index < -0.39 is 5.82 Å². The maximum atomic E-state index is 13.0. The minimum Gasteiger partial charge on any atom is -0.392 e. The van der Waals surface area contributed by atoms with Gasteiger partial charge in [0.15, 0.2) is 0 Å². The van der Waals surface area contributed by atoms with Crippen LogP contribution in [0.5, 0.6) is 0 Å². The number of aliphatic hydroxyl groups excluding tert-OH is 1. The number of hydrogen-bond donors (Lipinski definition) is 2. The van der Waals surface area contributed by atoms with Gasteiger partial charge in [0, 0.05) is 24.3 Å². The SMILES string of the molecule is CC(C)NC(=O)CN(C)c1ccc(F)cc1CO. The lowest BCUT2D eigenvalue weighted by atomic mass is 10.1. The number of nitrogens with zero attached hydrogens (tertiary/aromatic N) is 1. The summed E-state index contributed by atoms with van der Waals surface area (Å²) in [4.78, 5) is 13.3. The first kappa shape index (κ1) is 14.4. The summed E-state index contributed by atoms with van der Waals surface area (Å²) in [6.45, 7) is 3.67. The van der Waals surface area contributed by atoms with Crippen molar-refractivity contribution in [2.24, 2.45) is 0 Å². The van der Waals surface area contributed by atoms with Crippen molar-refractivity contribution < 1.29 is 14.3 Å². The highest BCUT2D eigenvalue weighted by Crippen LogP contribution is 2.20. The summed E-state index contributed by atoms with van der Waals surface area (Å²) < 4.78 is 13.0. The third-order valence-corrected chi connectivity index (χ3v) is 2.45. The maximum Gasteiger partial charge on any atom is 0.239 e. The van der Waals surface area contributed by atoms with Crippen molar-refractivity contribution in [1.82, 2.24) is 5.32 Å². The number of hydrogen-bond acceptors (Lipinski definition) is 3. The standard InChI is InChI=1S/C13H19FN2O2/c1-9(2)15-13(18)7-16(3)12-5-4-11(14)6-10(12)8-17/h4-6,9,17H,7-8H2,1-3H3,(H,15,18). The van der Waals surface area contributed by atoms with E-state index in [-0.39, 0.29) is 25.1 Å². The van der Waals surface area contributed by atoms with Crippen LogP contribution >= 0.6 is 0 Å². The Morgan fingerprint density at radius 1 is 1.50 bits per heavy atom. The third kappa shape index (κ3) is 4.00. The molecule has 0 aliphatic heterocycles. The quantitative estimate of drug-likeness (QED) is 0.832. The monoisotopic (exact) mass is 254 g/mol. The molecule has 0 atom stereocenters. The molecule has 5 heteroatoms. The number of aliphatic hydroxyl groups is 1. The summed E-state index contributed by atoms with van der Waals surface area (Å²) in [5, 5.41) is 12.0. The van der Waals surface area contributed by atoms with Crippen LogP contribution in [0.25, 0.3) is 0 Å². The predicted molar refractivity (Wildman–Crippen MR) is 68.9 cm³/mol. The molecule has 0 saturated heterocycles. The van der Waals surface area contributed by atoms with Gasteiger partial charge in [-0.25, -0.2) is 4.39 Å². The Morgan fingerprint density at radius 2 is 2.17 bits per heavy atom. The van der Waals surface area contributed by atoms with Crippen LogP contribution in [0.2, 0.25) is 0 Å². The summed E-state index contributed by atoms with van der Waals surface area (Å²) in [6.07, 6.45) is 0. The maximum absolute atomic E-state index is 13.0. The van der Waals surface area contributed by atoms with Gasteiger partial charge in [-0.1, -0.05) is 0 Å². The fourth-order valence-electron chi connectivity index (χ4n) is 1.72. The highest BCUT2D eigenvalue weighted by atomic mass is 19.1. The van der Waals surface area contributed by atoms with E-state index in [9.17, 15) is 14.3 Å². The van der Waals surface area contributed by atoms with Crippen LogP contribution in [0.3, 0.4) is 0 Å². The lowest BCUT2D eigenvalue weighted by molar-refractivity contribution is -0.120. The van der Waals surface area contributed by atoms with E-state index in [2.05, 4.69) is 5.32 Å². The van der Waals surface area contributed by atoms with Gasteiger partial charge in [-0.05, 0) is 32.0 Å². The Morgan fingerprint density at radius 3 is 2.72 bits per heavy atom. The number of carbonyl (C=O) groups is 1. The molecule has 2 N–H and O–H groups in total. The Bertz CT molecular complexity index is 421. The fourth-order valence-corrected chi connectivity index (χ4v) is 1.72. The average molecular weight is 254 g/mol. The number of anilines is 1. The van der Waals surface area contributed by atoms with Crippen molar-refractivity contribution in [3.05, 3.63) is 29.6 Å². The summed E-state index contributed by atoms with van der Waals surface area (Å²) in [6, 6.07) is 4.22. The summed E-state index contributed by atoms with van der Waals surface area (Å²) in [5.41, 5.74) is 1.12. The molecule has 1 aromatic carbocycles. The summed E-state index contributed by atoms with van der Waals surface area (Å²) in [5.74, 6) is -0.511. The van der Waals surface area contributed by atoms with Crippen LogP contribution in [-0.2, 0) is 11.4 Å². The average Bonchev–Trinajstić information content (AvgIpc) is 2.27. The van der Waals surface area contributed by atoms with Crippen molar-refractivity contribution in [3.63, 3.8) is 0 Å². The van der Waals surface area contributed by atoms with Gasteiger partial charge in [-0.3, -0.25) is 4.79 Å². The predicted octanol–water partition coefficient (Wildman–Crippen LogP) is 1.28. The van der Waals surface area contributed by atoms with Gasteiger partial charge < -0.3 is 15.3 Å². The molecule has 0 aliphatic rings. The van der Waals surface area contributed by atoms with Crippen LogP contribution < -0.4 is 10.2 Å². The van der Waals surface area contributed by atoms with E-state index in [1.807, 2.05) is 13.8 Å². The number of rotatable bonds is 5. The zero-order valence-electron chi connectivity index (χ0n) is 10.9. The second-order valence-corrected chi connectivity index (χ2v) is 4.51. The number of amides is 1.